The molecular formula is C28H40ClN5O3. The normalized spacial score (nSPS) is 14.0. The van der Waals surface area contributed by atoms with E-state index in [4.69, 9.17) is 16.3 Å². The molecule has 0 atom stereocenters. The molecule has 9 heteroatoms. The van der Waals surface area contributed by atoms with Gasteiger partial charge in [0, 0.05) is 50.0 Å². The summed E-state index contributed by atoms with van der Waals surface area (Å²) in [4.78, 5) is 32.6. The predicted octanol–water partition coefficient (Wildman–Crippen LogP) is 3.91. The van der Waals surface area contributed by atoms with Gasteiger partial charge in [-0.15, -0.1) is 11.6 Å². The van der Waals surface area contributed by atoms with Crippen LogP contribution in [0.1, 0.15) is 30.6 Å². The minimum Gasteiger partial charge on any atom is -0.495 e. The fourth-order valence-corrected chi connectivity index (χ4v) is 4.33. The maximum Gasteiger partial charge on any atom is 0.253 e. The summed E-state index contributed by atoms with van der Waals surface area (Å²) >= 11 is 5.98. The number of hydrogen-bond acceptors (Lipinski definition) is 6. The highest BCUT2D eigenvalue weighted by atomic mass is 35.5. The van der Waals surface area contributed by atoms with Crippen LogP contribution in [0.2, 0.25) is 0 Å². The number of alkyl halides is 1. The van der Waals surface area contributed by atoms with E-state index < -0.39 is 5.41 Å². The highest BCUT2D eigenvalue weighted by Gasteiger charge is 2.28. The molecule has 1 aliphatic heterocycles. The van der Waals surface area contributed by atoms with E-state index in [2.05, 4.69) is 31.4 Å². The number of amides is 2. The molecule has 1 saturated heterocycles. The van der Waals surface area contributed by atoms with E-state index in [9.17, 15) is 9.59 Å². The Morgan fingerprint density at radius 3 is 2.30 bits per heavy atom. The van der Waals surface area contributed by atoms with Crippen LogP contribution in [0.5, 0.6) is 5.75 Å². The summed E-state index contributed by atoms with van der Waals surface area (Å²) in [5.74, 6) is 0.729. The van der Waals surface area contributed by atoms with Gasteiger partial charge in [-0.2, -0.15) is 0 Å². The minimum atomic E-state index is -0.719. The van der Waals surface area contributed by atoms with Crippen LogP contribution in [0.3, 0.4) is 0 Å². The number of methoxy groups -OCH3 is 1. The first-order valence-electron chi connectivity index (χ1n) is 12.7. The fraction of sp³-hybridized carbons (Fsp3) is 0.500. The molecule has 1 fully saturated rings. The molecule has 1 heterocycles. The van der Waals surface area contributed by atoms with Crippen molar-refractivity contribution in [3.8, 4) is 5.75 Å². The molecule has 0 radical (unpaired) electrons. The number of carbonyl (C=O) groups excluding carboxylic acids is 2. The zero-order chi connectivity index (χ0) is 27.0. The van der Waals surface area contributed by atoms with Gasteiger partial charge in [-0.05, 0) is 71.2 Å². The van der Waals surface area contributed by atoms with E-state index in [1.165, 1.54) is 0 Å². The number of ether oxygens (including phenoxy) is 1. The molecule has 0 unspecified atom stereocenters. The van der Waals surface area contributed by atoms with Crippen LogP contribution in [-0.2, 0) is 4.79 Å². The Balaban J connectivity index is 1.79. The van der Waals surface area contributed by atoms with Gasteiger partial charge in [0.25, 0.3) is 5.91 Å². The molecule has 2 aromatic carbocycles. The number of hydrogen-bond donors (Lipinski definition) is 2. The van der Waals surface area contributed by atoms with Crippen LogP contribution in [-0.4, -0.2) is 83.1 Å². The van der Waals surface area contributed by atoms with Crippen molar-refractivity contribution in [1.82, 2.24) is 10.2 Å². The van der Waals surface area contributed by atoms with E-state index in [0.717, 1.165) is 56.3 Å². The third-order valence-electron chi connectivity index (χ3n) is 6.56. The topological polar surface area (TPSA) is 77.1 Å². The Morgan fingerprint density at radius 2 is 1.68 bits per heavy atom. The smallest absolute Gasteiger partial charge is 0.253 e. The van der Waals surface area contributed by atoms with Crippen LogP contribution in [0.25, 0.3) is 0 Å². The second-order valence-electron chi connectivity index (χ2n) is 10.3. The summed E-state index contributed by atoms with van der Waals surface area (Å²) in [5, 5.41) is 5.98. The molecule has 2 aromatic rings. The lowest BCUT2D eigenvalue weighted by molar-refractivity contribution is -0.122. The summed E-state index contributed by atoms with van der Waals surface area (Å²) in [6.45, 7) is 8.16. The number of piperazine rings is 1. The van der Waals surface area contributed by atoms with Crippen molar-refractivity contribution in [2.24, 2.45) is 5.41 Å². The average Bonchev–Trinajstić information content (AvgIpc) is 2.90. The predicted molar refractivity (Wildman–Crippen MR) is 152 cm³/mol. The number of halogens is 1. The van der Waals surface area contributed by atoms with Gasteiger partial charge in [-0.1, -0.05) is 12.1 Å². The molecule has 2 N–H and O–H groups in total. The SMILES string of the molecule is COc1ccccc1N1CCN(c2ccc(NC(=O)C(C)(C)CCl)cc2C(=O)NCCCN(C)C)CC1. The van der Waals surface area contributed by atoms with Crippen molar-refractivity contribution in [2.45, 2.75) is 20.3 Å². The van der Waals surface area contributed by atoms with Crippen LogP contribution in [0.4, 0.5) is 17.1 Å². The van der Waals surface area contributed by atoms with E-state index >= 15 is 0 Å². The summed E-state index contributed by atoms with van der Waals surface area (Å²) < 4.78 is 5.54. The quantitative estimate of drug-likeness (QED) is 0.339. The summed E-state index contributed by atoms with van der Waals surface area (Å²) in [6, 6.07) is 13.6. The van der Waals surface area contributed by atoms with Crippen molar-refractivity contribution in [2.75, 3.05) is 81.5 Å². The lowest BCUT2D eigenvalue weighted by Crippen LogP contribution is -2.47. The first-order valence-corrected chi connectivity index (χ1v) is 13.3. The Labute approximate surface area is 225 Å². The Morgan fingerprint density at radius 1 is 1.03 bits per heavy atom. The molecular weight excluding hydrogens is 490 g/mol. The number of anilines is 3. The summed E-state index contributed by atoms with van der Waals surface area (Å²) in [6.07, 6.45) is 0.853. The zero-order valence-electron chi connectivity index (χ0n) is 22.6. The highest BCUT2D eigenvalue weighted by molar-refractivity contribution is 6.20. The van der Waals surface area contributed by atoms with Crippen LogP contribution >= 0.6 is 11.6 Å². The van der Waals surface area contributed by atoms with E-state index in [-0.39, 0.29) is 17.7 Å². The van der Waals surface area contributed by atoms with Crippen molar-refractivity contribution in [3.05, 3.63) is 48.0 Å². The van der Waals surface area contributed by atoms with Crippen molar-refractivity contribution in [1.29, 1.82) is 0 Å². The molecule has 0 aromatic heterocycles. The van der Waals surface area contributed by atoms with Gasteiger partial charge in [0.2, 0.25) is 5.91 Å². The number of rotatable bonds is 11. The van der Waals surface area contributed by atoms with Gasteiger partial charge < -0.3 is 30.1 Å². The second kappa shape index (κ2) is 13.0. The third kappa shape index (κ3) is 7.52. The van der Waals surface area contributed by atoms with Gasteiger partial charge in [0.1, 0.15) is 5.75 Å². The molecule has 0 bridgehead atoms. The Bertz CT molecular complexity index is 1070. The number of benzene rings is 2. The molecule has 0 saturated carbocycles. The number of nitrogens with zero attached hydrogens (tertiary/aromatic N) is 3. The molecule has 37 heavy (non-hydrogen) atoms. The minimum absolute atomic E-state index is 0.145. The molecule has 8 nitrogen and oxygen atoms in total. The molecule has 0 spiro atoms. The maximum atomic E-state index is 13.3. The van der Waals surface area contributed by atoms with E-state index in [1.54, 1.807) is 27.0 Å². The first kappa shape index (κ1) is 28.6. The first-order chi connectivity index (χ1) is 17.7. The van der Waals surface area contributed by atoms with Crippen LogP contribution < -0.4 is 25.2 Å². The van der Waals surface area contributed by atoms with Crippen LogP contribution in [0.15, 0.2) is 42.5 Å². The van der Waals surface area contributed by atoms with Gasteiger partial charge in [-0.3, -0.25) is 9.59 Å². The zero-order valence-corrected chi connectivity index (χ0v) is 23.4. The van der Waals surface area contributed by atoms with Gasteiger partial charge >= 0.3 is 0 Å². The Hall–Kier alpha value is -2.97. The lowest BCUT2D eigenvalue weighted by Gasteiger charge is -2.38. The fourth-order valence-electron chi connectivity index (χ4n) is 4.20. The Kier molecular flexibility index (Phi) is 10.1. The molecule has 2 amide bonds. The monoisotopic (exact) mass is 529 g/mol. The standard InChI is InChI=1S/C28H40ClN5O3/c1-28(2,20-29)27(36)31-21-11-12-23(22(19-21)26(35)30-13-8-14-32(3)4)33-15-17-34(18-16-33)24-9-6-7-10-25(24)37-5/h6-7,9-12,19H,8,13-18,20H2,1-5H3,(H,30,35)(H,31,36). The summed E-state index contributed by atoms with van der Waals surface area (Å²) in [5.41, 5.74) is 2.35. The molecule has 3 rings (SSSR count). The van der Waals surface area contributed by atoms with Gasteiger partial charge in [0.15, 0.2) is 0 Å². The summed E-state index contributed by atoms with van der Waals surface area (Å²) in [7, 11) is 5.71. The van der Waals surface area contributed by atoms with E-state index in [0.29, 0.717) is 17.8 Å². The number of carbonyl (C=O) groups is 2. The van der Waals surface area contributed by atoms with Gasteiger partial charge in [0.05, 0.1) is 23.8 Å². The lowest BCUT2D eigenvalue weighted by atomic mass is 9.95. The van der Waals surface area contributed by atoms with Crippen molar-refractivity contribution >= 4 is 40.5 Å². The number of nitrogens with one attached hydrogen (secondary N) is 2. The second-order valence-corrected chi connectivity index (χ2v) is 10.5. The number of para-hydroxylation sites is 2. The molecule has 1 aliphatic rings. The van der Waals surface area contributed by atoms with Crippen molar-refractivity contribution < 1.29 is 14.3 Å². The largest absolute Gasteiger partial charge is 0.495 e. The molecule has 0 aliphatic carbocycles. The maximum absolute atomic E-state index is 13.3. The molecule has 202 valence electrons. The third-order valence-corrected chi connectivity index (χ3v) is 7.23. The average molecular weight is 530 g/mol. The van der Waals surface area contributed by atoms with E-state index in [1.807, 2.05) is 44.4 Å². The van der Waals surface area contributed by atoms with Crippen LogP contribution in [0, 0.1) is 5.41 Å². The van der Waals surface area contributed by atoms with Gasteiger partial charge in [-0.25, -0.2) is 0 Å². The van der Waals surface area contributed by atoms with Crippen molar-refractivity contribution in [3.63, 3.8) is 0 Å². The highest BCUT2D eigenvalue weighted by Crippen LogP contribution is 2.31.